The summed E-state index contributed by atoms with van der Waals surface area (Å²) in [7, 11) is -3.52. The number of benzene rings is 1. The lowest BCUT2D eigenvalue weighted by Gasteiger charge is -2.07. The van der Waals surface area contributed by atoms with Crippen LogP contribution in [0.15, 0.2) is 70.4 Å². The molecule has 0 unspecified atom stereocenters. The van der Waals surface area contributed by atoms with Gasteiger partial charge in [-0.1, -0.05) is 36.4 Å². The van der Waals surface area contributed by atoms with E-state index < -0.39 is 10.0 Å². The number of pyridine rings is 1. The molecule has 3 aromatic rings. The Morgan fingerprint density at radius 1 is 0.952 bits per heavy atom. The number of rotatable bonds is 4. The van der Waals surface area contributed by atoms with Gasteiger partial charge in [-0.3, -0.25) is 9.71 Å². The van der Waals surface area contributed by atoms with Crippen molar-refractivity contribution in [2.45, 2.75) is 4.21 Å². The van der Waals surface area contributed by atoms with Gasteiger partial charge in [-0.05, 0) is 23.6 Å². The molecular weight excluding hydrogens is 304 g/mol. The average Bonchev–Trinajstić information content (AvgIpc) is 3.04. The van der Waals surface area contributed by atoms with Crippen molar-refractivity contribution >= 4 is 27.0 Å². The van der Waals surface area contributed by atoms with Gasteiger partial charge in [0.25, 0.3) is 10.0 Å². The van der Waals surface area contributed by atoms with Crippen LogP contribution in [0.1, 0.15) is 0 Å². The van der Waals surface area contributed by atoms with Gasteiger partial charge in [0.2, 0.25) is 0 Å². The molecule has 0 fully saturated rings. The lowest BCUT2D eigenvalue weighted by atomic mass is 10.1. The van der Waals surface area contributed by atoms with Crippen molar-refractivity contribution in [2.75, 3.05) is 4.72 Å². The van der Waals surface area contributed by atoms with E-state index in [1.807, 2.05) is 30.3 Å². The fourth-order valence-corrected chi connectivity index (χ4v) is 3.89. The Morgan fingerprint density at radius 3 is 2.38 bits per heavy atom. The van der Waals surface area contributed by atoms with E-state index in [2.05, 4.69) is 9.71 Å². The standard InChI is InChI=1S/C15H12N2O2S2/c18-21(19,15-7-4-10-20-15)17-13-8-9-14(16-11-13)12-5-2-1-3-6-12/h1-11,17H. The van der Waals surface area contributed by atoms with Gasteiger partial charge in [0.15, 0.2) is 0 Å². The fourth-order valence-electron chi connectivity index (χ4n) is 1.86. The van der Waals surface area contributed by atoms with Crippen LogP contribution in [0.5, 0.6) is 0 Å². The topological polar surface area (TPSA) is 59.1 Å². The highest BCUT2D eigenvalue weighted by atomic mass is 32.2. The SMILES string of the molecule is O=S(=O)(Nc1ccc(-c2ccccc2)nc1)c1cccs1. The van der Waals surface area contributed by atoms with Crippen molar-refractivity contribution in [1.82, 2.24) is 4.98 Å². The molecule has 6 heteroatoms. The van der Waals surface area contributed by atoms with Crippen molar-refractivity contribution in [3.05, 3.63) is 66.2 Å². The van der Waals surface area contributed by atoms with Gasteiger partial charge in [-0.2, -0.15) is 0 Å². The number of aromatic nitrogens is 1. The Bertz CT molecular complexity index is 812. The average molecular weight is 316 g/mol. The molecule has 0 aliphatic heterocycles. The number of sulfonamides is 1. The van der Waals surface area contributed by atoms with Crippen molar-refractivity contribution in [1.29, 1.82) is 0 Å². The third kappa shape index (κ3) is 3.12. The van der Waals surface area contributed by atoms with E-state index in [0.717, 1.165) is 11.3 Å². The fraction of sp³-hybridized carbons (Fsp3) is 0. The molecule has 2 aromatic heterocycles. The second-order valence-corrected chi connectivity index (χ2v) is 7.19. The molecule has 0 saturated carbocycles. The minimum absolute atomic E-state index is 0.287. The summed E-state index contributed by atoms with van der Waals surface area (Å²) in [5.74, 6) is 0. The smallest absolute Gasteiger partial charge is 0.271 e. The Morgan fingerprint density at radius 2 is 1.76 bits per heavy atom. The molecule has 1 N–H and O–H groups in total. The first-order chi connectivity index (χ1) is 10.1. The molecule has 0 aliphatic carbocycles. The van der Waals surface area contributed by atoms with Gasteiger partial charge in [-0.15, -0.1) is 11.3 Å². The molecule has 106 valence electrons. The summed E-state index contributed by atoms with van der Waals surface area (Å²) in [6, 6.07) is 16.5. The monoisotopic (exact) mass is 316 g/mol. The van der Waals surface area contributed by atoms with Crippen molar-refractivity contribution < 1.29 is 8.42 Å². The van der Waals surface area contributed by atoms with E-state index in [9.17, 15) is 8.42 Å². The summed E-state index contributed by atoms with van der Waals surface area (Å²) in [5, 5.41) is 1.73. The van der Waals surface area contributed by atoms with Gasteiger partial charge in [-0.25, -0.2) is 8.42 Å². The Balaban J connectivity index is 1.83. The Hall–Kier alpha value is -2.18. The van der Waals surface area contributed by atoms with Crippen LogP contribution in [-0.4, -0.2) is 13.4 Å². The van der Waals surface area contributed by atoms with Gasteiger partial charge >= 0.3 is 0 Å². The molecule has 0 radical (unpaired) electrons. The highest BCUT2D eigenvalue weighted by Crippen LogP contribution is 2.22. The zero-order valence-corrected chi connectivity index (χ0v) is 12.6. The van der Waals surface area contributed by atoms with Crippen molar-refractivity contribution in [2.24, 2.45) is 0 Å². The van der Waals surface area contributed by atoms with Crippen LogP contribution in [0, 0.1) is 0 Å². The number of nitrogens with zero attached hydrogens (tertiary/aromatic N) is 1. The maximum Gasteiger partial charge on any atom is 0.271 e. The third-order valence-corrected chi connectivity index (χ3v) is 5.62. The van der Waals surface area contributed by atoms with Crippen LogP contribution in [-0.2, 0) is 10.0 Å². The first-order valence-electron chi connectivity index (χ1n) is 6.23. The van der Waals surface area contributed by atoms with E-state index in [0.29, 0.717) is 5.69 Å². The highest BCUT2D eigenvalue weighted by Gasteiger charge is 2.15. The number of nitrogens with one attached hydrogen (secondary N) is 1. The van der Waals surface area contributed by atoms with E-state index >= 15 is 0 Å². The molecule has 2 heterocycles. The minimum Gasteiger partial charge on any atom is -0.277 e. The highest BCUT2D eigenvalue weighted by molar-refractivity contribution is 7.94. The van der Waals surface area contributed by atoms with E-state index in [1.54, 1.807) is 29.6 Å². The zero-order chi connectivity index (χ0) is 14.7. The first-order valence-corrected chi connectivity index (χ1v) is 8.59. The second kappa shape index (κ2) is 5.67. The summed E-state index contributed by atoms with van der Waals surface area (Å²) in [5.41, 5.74) is 2.24. The van der Waals surface area contributed by atoms with E-state index in [-0.39, 0.29) is 4.21 Å². The predicted octanol–water partition coefficient (Wildman–Crippen LogP) is 3.61. The lowest BCUT2D eigenvalue weighted by molar-refractivity contribution is 0.603. The number of anilines is 1. The van der Waals surface area contributed by atoms with Crippen LogP contribution in [0.2, 0.25) is 0 Å². The molecule has 3 rings (SSSR count). The van der Waals surface area contributed by atoms with Gasteiger partial charge < -0.3 is 0 Å². The predicted molar refractivity (Wildman–Crippen MR) is 84.8 cm³/mol. The minimum atomic E-state index is -3.52. The number of thiophene rings is 1. The van der Waals surface area contributed by atoms with Crippen LogP contribution < -0.4 is 4.72 Å². The largest absolute Gasteiger partial charge is 0.277 e. The maximum atomic E-state index is 12.1. The molecule has 21 heavy (non-hydrogen) atoms. The Labute approximate surface area is 127 Å². The Kier molecular flexibility index (Phi) is 3.72. The zero-order valence-electron chi connectivity index (χ0n) is 10.9. The summed E-state index contributed by atoms with van der Waals surface area (Å²) < 4.78 is 27.0. The molecule has 0 amide bonds. The second-order valence-electron chi connectivity index (χ2n) is 4.34. The third-order valence-electron chi connectivity index (χ3n) is 2.85. The van der Waals surface area contributed by atoms with Crippen LogP contribution in [0.3, 0.4) is 0 Å². The molecule has 0 spiro atoms. The van der Waals surface area contributed by atoms with E-state index in [4.69, 9.17) is 0 Å². The molecule has 0 aliphatic rings. The molecule has 0 saturated heterocycles. The number of hydrogen-bond acceptors (Lipinski definition) is 4. The molecule has 4 nitrogen and oxygen atoms in total. The summed E-state index contributed by atoms with van der Waals surface area (Å²) in [6.45, 7) is 0. The van der Waals surface area contributed by atoms with Crippen molar-refractivity contribution in [3.8, 4) is 11.3 Å². The summed E-state index contributed by atoms with van der Waals surface area (Å²) >= 11 is 1.18. The lowest BCUT2D eigenvalue weighted by Crippen LogP contribution is -2.11. The quantitative estimate of drug-likeness (QED) is 0.800. The molecule has 1 aromatic carbocycles. The van der Waals surface area contributed by atoms with Crippen LogP contribution in [0.4, 0.5) is 5.69 Å². The van der Waals surface area contributed by atoms with Gasteiger partial charge in [0.05, 0.1) is 17.6 Å². The summed E-state index contributed by atoms with van der Waals surface area (Å²) in [6.07, 6.45) is 1.52. The van der Waals surface area contributed by atoms with Gasteiger partial charge in [0.1, 0.15) is 4.21 Å². The summed E-state index contributed by atoms with van der Waals surface area (Å²) in [4.78, 5) is 4.29. The van der Waals surface area contributed by atoms with E-state index in [1.165, 1.54) is 17.5 Å². The number of hydrogen-bond donors (Lipinski definition) is 1. The maximum absolute atomic E-state index is 12.1. The first kappa shape index (κ1) is 13.8. The normalized spacial score (nSPS) is 11.2. The molecular formula is C15H12N2O2S2. The molecule has 0 bridgehead atoms. The van der Waals surface area contributed by atoms with Crippen molar-refractivity contribution in [3.63, 3.8) is 0 Å². The van der Waals surface area contributed by atoms with Crippen LogP contribution >= 0.6 is 11.3 Å². The molecule has 0 atom stereocenters. The van der Waals surface area contributed by atoms with Gasteiger partial charge in [0, 0.05) is 5.56 Å². The van der Waals surface area contributed by atoms with Crippen LogP contribution in [0.25, 0.3) is 11.3 Å².